The second-order valence-electron chi connectivity index (χ2n) is 4.12. The first-order valence-electron chi connectivity index (χ1n) is 6.03. The second kappa shape index (κ2) is 6.50. The number of aldehydes is 1. The van der Waals surface area contributed by atoms with Crippen molar-refractivity contribution in [2.45, 2.75) is 12.5 Å². The summed E-state index contributed by atoms with van der Waals surface area (Å²) in [7, 11) is 0. The highest BCUT2D eigenvalue weighted by atomic mass is 16.5. The van der Waals surface area contributed by atoms with Crippen molar-refractivity contribution in [2.24, 2.45) is 0 Å². The van der Waals surface area contributed by atoms with Crippen LogP contribution in [0.3, 0.4) is 0 Å². The van der Waals surface area contributed by atoms with Crippen LogP contribution in [0, 0.1) is 0 Å². The van der Waals surface area contributed by atoms with Crippen LogP contribution in [0.5, 0.6) is 0 Å². The van der Waals surface area contributed by atoms with Crippen molar-refractivity contribution in [3.8, 4) is 0 Å². The van der Waals surface area contributed by atoms with E-state index >= 15 is 0 Å². The molecule has 0 fully saturated rings. The molecule has 0 N–H and O–H groups in total. The van der Waals surface area contributed by atoms with Crippen LogP contribution in [-0.2, 0) is 20.7 Å². The largest absolute Gasteiger partial charge is 0.449 e. The van der Waals surface area contributed by atoms with Crippen LogP contribution < -0.4 is 0 Å². The third-order valence-electron chi connectivity index (χ3n) is 2.70. The Morgan fingerprint density at radius 2 is 1.58 bits per heavy atom. The van der Waals surface area contributed by atoms with E-state index in [0.717, 1.165) is 5.56 Å². The van der Waals surface area contributed by atoms with Crippen LogP contribution in [0.1, 0.15) is 17.2 Å². The van der Waals surface area contributed by atoms with Crippen molar-refractivity contribution in [1.82, 2.24) is 0 Å². The van der Waals surface area contributed by atoms with Gasteiger partial charge in [-0.05, 0) is 11.1 Å². The highest BCUT2D eigenvalue weighted by molar-refractivity contribution is 5.75. The number of carbonyl (C=O) groups excluding carboxylic acids is 2. The van der Waals surface area contributed by atoms with Crippen LogP contribution in [0.15, 0.2) is 60.7 Å². The molecule has 0 radical (unpaired) electrons. The van der Waals surface area contributed by atoms with Gasteiger partial charge in [0, 0.05) is 0 Å². The van der Waals surface area contributed by atoms with Gasteiger partial charge in [-0.15, -0.1) is 0 Å². The van der Waals surface area contributed by atoms with Crippen LogP contribution in [0.4, 0.5) is 0 Å². The maximum Gasteiger partial charge on any atom is 0.311 e. The van der Waals surface area contributed by atoms with Gasteiger partial charge in [0.2, 0.25) is 0 Å². The molecule has 3 heteroatoms. The number of hydrogen-bond acceptors (Lipinski definition) is 3. The molecule has 1 atom stereocenters. The Morgan fingerprint density at radius 1 is 1.00 bits per heavy atom. The van der Waals surface area contributed by atoms with Gasteiger partial charge in [0.25, 0.3) is 0 Å². The minimum absolute atomic E-state index is 0.165. The zero-order valence-corrected chi connectivity index (χ0v) is 10.4. The SMILES string of the molecule is O=CC(OC(=O)Cc1ccccc1)c1ccccc1. The molecule has 2 rings (SSSR count). The Morgan fingerprint density at radius 3 is 2.16 bits per heavy atom. The predicted octanol–water partition coefficient (Wildman–Crippen LogP) is 2.71. The van der Waals surface area contributed by atoms with E-state index in [1.807, 2.05) is 36.4 Å². The third kappa shape index (κ3) is 3.78. The molecule has 96 valence electrons. The van der Waals surface area contributed by atoms with E-state index in [4.69, 9.17) is 4.74 Å². The van der Waals surface area contributed by atoms with Crippen LogP contribution in [0.2, 0.25) is 0 Å². The van der Waals surface area contributed by atoms with E-state index in [-0.39, 0.29) is 6.42 Å². The van der Waals surface area contributed by atoms with Gasteiger partial charge >= 0.3 is 5.97 Å². The lowest BCUT2D eigenvalue weighted by molar-refractivity contribution is -0.151. The van der Waals surface area contributed by atoms with Crippen LogP contribution >= 0.6 is 0 Å². The van der Waals surface area contributed by atoms with Gasteiger partial charge < -0.3 is 4.74 Å². The summed E-state index contributed by atoms with van der Waals surface area (Å²) in [5, 5.41) is 0. The summed E-state index contributed by atoms with van der Waals surface area (Å²) in [6.45, 7) is 0. The first kappa shape index (κ1) is 13.0. The minimum Gasteiger partial charge on any atom is -0.449 e. The molecule has 0 aliphatic carbocycles. The first-order valence-corrected chi connectivity index (χ1v) is 6.03. The summed E-state index contributed by atoms with van der Waals surface area (Å²) in [6.07, 6.45) is -0.0339. The molecule has 2 aromatic carbocycles. The molecular formula is C16H14O3. The fourth-order valence-electron chi connectivity index (χ4n) is 1.76. The number of ether oxygens (including phenoxy) is 1. The van der Waals surface area contributed by atoms with E-state index < -0.39 is 12.1 Å². The molecule has 2 aromatic rings. The standard InChI is InChI=1S/C16H14O3/c17-12-15(14-9-5-2-6-10-14)19-16(18)11-13-7-3-1-4-8-13/h1-10,12,15H,11H2. The Hall–Kier alpha value is -2.42. The Labute approximate surface area is 111 Å². The summed E-state index contributed by atoms with van der Waals surface area (Å²) in [5.41, 5.74) is 1.55. The van der Waals surface area contributed by atoms with Crippen molar-refractivity contribution in [3.63, 3.8) is 0 Å². The van der Waals surface area contributed by atoms with Crippen molar-refractivity contribution in [1.29, 1.82) is 0 Å². The average molecular weight is 254 g/mol. The molecule has 0 aliphatic rings. The van der Waals surface area contributed by atoms with Crippen LogP contribution in [-0.4, -0.2) is 12.3 Å². The number of rotatable bonds is 5. The number of carbonyl (C=O) groups is 2. The van der Waals surface area contributed by atoms with Gasteiger partial charge in [-0.1, -0.05) is 60.7 Å². The van der Waals surface area contributed by atoms with Gasteiger partial charge in [0.15, 0.2) is 12.4 Å². The smallest absolute Gasteiger partial charge is 0.311 e. The van der Waals surface area contributed by atoms with Crippen molar-refractivity contribution < 1.29 is 14.3 Å². The summed E-state index contributed by atoms with van der Waals surface area (Å²) in [6, 6.07) is 18.3. The summed E-state index contributed by atoms with van der Waals surface area (Å²) >= 11 is 0. The zero-order chi connectivity index (χ0) is 13.5. The molecule has 0 saturated heterocycles. The average Bonchev–Trinajstić information content (AvgIpc) is 2.47. The molecule has 0 aliphatic heterocycles. The fraction of sp³-hybridized carbons (Fsp3) is 0.125. The molecule has 0 saturated carbocycles. The predicted molar refractivity (Wildman–Crippen MR) is 71.5 cm³/mol. The van der Waals surface area contributed by atoms with Gasteiger partial charge in [0.05, 0.1) is 6.42 Å². The fourth-order valence-corrected chi connectivity index (χ4v) is 1.76. The van der Waals surface area contributed by atoms with E-state index in [1.165, 1.54) is 0 Å². The number of benzene rings is 2. The van der Waals surface area contributed by atoms with Crippen molar-refractivity contribution in [3.05, 3.63) is 71.8 Å². The molecule has 19 heavy (non-hydrogen) atoms. The topological polar surface area (TPSA) is 43.4 Å². The summed E-state index contributed by atoms with van der Waals surface area (Å²) in [4.78, 5) is 22.8. The monoisotopic (exact) mass is 254 g/mol. The van der Waals surface area contributed by atoms with Crippen molar-refractivity contribution >= 4 is 12.3 Å². The van der Waals surface area contributed by atoms with Crippen LogP contribution in [0.25, 0.3) is 0 Å². The van der Waals surface area contributed by atoms with Crippen molar-refractivity contribution in [2.75, 3.05) is 0 Å². The summed E-state index contributed by atoms with van der Waals surface area (Å²) < 4.78 is 5.18. The number of hydrogen-bond donors (Lipinski definition) is 0. The maximum absolute atomic E-state index is 11.8. The molecule has 0 bridgehead atoms. The lowest BCUT2D eigenvalue weighted by atomic mass is 10.1. The molecule has 0 aromatic heterocycles. The van der Waals surface area contributed by atoms with E-state index in [1.54, 1.807) is 24.3 Å². The lowest BCUT2D eigenvalue weighted by Crippen LogP contribution is -2.14. The molecule has 0 spiro atoms. The lowest BCUT2D eigenvalue weighted by Gasteiger charge is -2.12. The molecule has 3 nitrogen and oxygen atoms in total. The Bertz CT molecular complexity index is 534. The van der Waals surface area contributed by atoms with Gasteiger partial charge in [0.1, 0.15) is 0 Å². The second-order valence-corrected chi connectivity index (χ2v) is 4.12. The quantitative estimate of drug-likeness (QED) is 0.608. The van der Waals surface area contributed by atoms with Gasteiger partial charge in [-0.25, -0.2) is 0 Å². The zero-order valence-electron chi connectivity index (χ0n) is 10.4. The van der Waals surface area contributed by atoms with E-state index in [9.17, 15) is 9.59 Å². The van der Waals surface area contributed by atoms with E-state index in [0.29, 0.717) is 11.8 Å². The number of esters is 1. The highest BCUT2D eigenvalue weighted by Crippen LogP contribution is 2.15. The van der Waals surface area contributed by atoms with Gasteiger partial charge in [-0.2, -0.15) is 0 Å². The molecule has 0 heterocycles. The highest BCUT2D eigenvalue weighted by Gasteiger charge is 2.15. The van der Waals surface area contributed by atoms with E-state index in [2.05, 4.69) is 0 Å². The maximum atomic E-state index is 11.8. The molecule has 1 unspecified atom stereocenters. The normalized spacial score (nSPS) is 11.6. The minimum atomic E-state index is -0.836. The van der Waals surface area contributed by atoms with Gasteiger partial charge in [-0.3, -0.25) is 9.59 Å². The molecule has 0 amide bonds. The first-order chi connectivity index (χ1) is 9.29. The Kier molecular flexibility index (Phi) is 4.45. The summed E-state index contributed by atoms with van der Waals surface area (Å²) in [5.74, 6) is -0.410. The third-order valence-corrected chi connectivity index (χ3v) is 2.70. The molecular weight excluding hydrogens is 240 g/mol. The Balaban J connectivity index is 1.99.